The molecule has 0 amide bonds. The molecule has 1 saturated heterocycles. The van der Waals surface area contributed by atoms with Crippen molar-refractivity contribution in [3.8, 4) is 0 Å². The number of rotatable bonds is 2. The highest BCUT2D eigenvalue weighted by Crippen LogP contribution is 2.11. The third-order valence-corrected chi connectivity index (χ3v) is 2.58. The van der Waals surface area contributed by atoms with Crippen LogP contribution >= 0.6 is 0 Å². The molecule has 6 nitrogen and oxygen atoms in total. The first-order valence-corrected chi connectivity index (χ1v) is 6.48. The number of carbonyl (C=O) groups excluding carboxylic acids is 1. The summed E-state index contributed by atoms with van der Waals surface area (Å²) in [6.07, 6.45) is 3.98. The first-order chi connectivity index (χ1) is 8.92. The molecule has 0 aliphatic carbocycles. The van der Waals surface area contributed by atoms with Crippen LogP contribution in [0, 0.1) is 0 Å². The molecule has 0 radical (unpaired) electrons. The van der Waals surface area contributed by atoms with Gasteiger partial charge in [0.2, 0.25) is 0 Å². The van der Waals surface area contributed by atoms with E-state index in [1.807, 2.05) is 38.7 Å². The van der Waals surface area contributed by atoms with Crippen molar-refractivity contribution in [3.63, 3.8) is 0 Å². The summed E-state index contributed by atoms with van der Waals surface area (Å²) < 4.78 is 6.39. The molecule has 2 heterocycles. The number of anilines is 1. The molecule has 0 unspecified atom stereocenters. The van der Waals surface area contributed by atoms with Gasteiger partial charge in [0.15, 0.2) is 0 Å². The van der Waals surface area contributed by atoms with Crippen LogP contribution in [0.3, 0.4) is 0 Å². The Bertz CT molecular complexity index is 378. The lowest BCUT2D eigenvalue weighted by molar-refractivity contribution is -0.138. The number of aryl methyl sites for hydroxylation is 1. The fraction of sp³-hybridized carbons (Fsp3) is 0.692. The van der Waals surface area contributed by atoms with Gasteiger partial charge in [0, 0.05) is 39.4 Å². The van der Waals surface area contributed by atoms with Crippen molar-refractivity contribution >= 4 is 12.2 Å². The summed E-state index contributed by atoms with van der Waals surface area (Å²) in [5.74, 6) is 0. The average Bonchev–Trinajstić information content (AvgIpc) is 2.76. The minimum Gasteiger partial charge on any atom is -0.462 e. The summed E-state index contributed by atoms with van der Waals surface area (Å²) in [4.78, 5) is 11.9. The van der Waals surface area contributed by atoms with E-state index in [1.54, 1.807) is 0 Å². The lowest BCUT2D eigenvalue weighted by Crippen LogP contribution is -2.43. The van der Waals surface area contributed by atoms with Crippen molar-refractivity contribution in [2.75, 3.05) is 31.1 Å². The Morgan fingerprint density at radius 2 is 2.00 bits per heavy atom. The molecule has 0 aromatic carbocycles. The van der Waals surface area contributed by atoms with Gasteiger partial charge in [-0.25, -0.2) is 0 Å². The van der Waals surface area contributed by atoms with E-state index in [-0.39, 0.29) is 5.60 Å². The Balaban J connectivity index is 0.000000224. The van der Waals surface area contributed by atoms with Gasteiger partial charge in [0.05, 0.1) is 11.9 Å². The molecule has 0 spiro atoms. The van der Waals surface area contributed by atoms with Crippen LogP contribution in [0.15, 0.2) is 12.4 Å². The number of aromatic nitrogens is 2. The smallest absolute Gasteiger partial charge is 0.293 e. The molecule has 1 N–H and O–H groups in total. The molecule has 1 aliphatic rings. The molecule has 1 aromatic rings. The maximum Gasteiger partial charge on any atom is 0.293 e. The lowest BCUT2D eigenvalue weighted by atomic mass is 10.2. The van der Waals surface area contributed by atoms with E-state index < -0.39 is 0 Å². The normalized spacial score (nSPS) is 15.5. The van der Waals surface area contributed by atoms with Crippen molar-refractivity contribution < 1.29 is 9.53 Å². The molecule has 1 fully saturated rings. The first-order valence-electron chi connectivity index (χ1n) is 6.48. The minimum absolute atomic E-state index is 0.318. The van der Waals surface area contributed by atoms with Gasteiger partial charge in [-0.2, -0.15) is 5.10 Å². The van der Waals surface area contributed by atoms with Crippen LogP contribution in [0.2, 0.25) is 0 Å². The second kappa shape index (κ2) is 7.13. The quantitative estimate of drug-likeness (QED) is 0.804. The number of hydrogen-bond acceptors (Lipinski definition) is 5. The van der Waals surface area contributed by atoms with Crippen LogP contribution in [0.5, 0.6) is 0 Å². The van der Waals surface area contributed by atoms with Gasteiger partial charge in [0.1, 0.15) is 5.60 Å². The molecule has 0 bridgehead atoms. The van der Waals surface area contributed by atoms with E-state index in [0.717, 1.165) is 26.2 Å². The molecule has 0 atom stereocenters. The van der Waals surface area contributed by atoms with Gasteiger partial charge in [0.25, 0.3) is 6.47 Å². The van der Waals surface area contributed by atoms with Gasteiger partial charge in [-0.3, -0.25) is 9.48 Å². The number of ether oxygens (including phenoxy) is 1. The Hall–Kier alpha value is -1.56. The summed E-state index contributed by atoms with van der Waals surface area (Å²) in [6, 6.07) is 0. The Labute approximate surface area is 114 Å². The second-order valence-corrected chi connectivity index (χ2v) is 5.44. The molecule has 0 saturated carbocycles. The lowest BCUT2D eigenvalue weighted by Gasteiger charge is -2.27. The average molecular weight is 268 g/mol. The highest BCUT2D eigenvalue weighted by atomic mass is 16.5. The van der Waals surface area contributed by atoms with Crippen molar-refractivity contribution in [3.05, 3.63) is 12.4 Å². The van der Waals surface area contributed by atoms with E-state index in [0.29, 0.717) is 6.47 Å². The summed E-state index contributed by atoms with van der Waals surface area (Å²) >= 11 is 0. The minimum atomic E-state index is -0.318. The fourth-order valence-electron chi connectivity index (χ4n) is 1.64. The van der Waals surface area contributed by atoms with Gasteiger partial charge >= 0.3 is 0 Å². The fourth-order valence-corrected chi connectivity index (χ4v) is 1.64. The van der Waals surface area contributed by atoms with Crippen molar-refractivity contribution in [2.24, 2.45) is 7.05 Å². The largest absolute Gasteiger partial charge is 0.462 e. The first kappa shape index (κ1) is 15.5. The topological polar surface area (TPSA) is 59.4 Å². The van der Waals surface area contributed by atoms with Gasteiger partial charge < -0.3 is 15.0 Å². The van der Waals surface area contributed by atoms with Crippen LogP contribution in [0.1, 0.15) is 20.8 Å². The van der Waals surface area contributed by atoms with Crippen molar-refractivity contribution in [1.29, 1.82) is 0 Å². The van der Waals surface area contributed by atoms with Gasteiger partial charge in [-0.15, -0.1) is 0 Å². The highest BCUT2D eigenvalue weighted by molar-refractivity contribution is 5.42. The summed E-state index contributed by atoms with van der Waals surface area (Å²) in [7, 11) is 1.95. The zero-order chi connectivity index (χ0) is 14.3. The van der Waals surface area contributed by atoms with Crippen LogP contribution in [0.4, 0.5) is 5.69 Å². The van der Waals surface area contributed by atoms with E-state index in [9.17, 15) is 4.79 Å². The van der Waals surface area contributed by atoms with E-state index >= 15 is 0 Å². The van der Waals surface area contributed by atoms with Crippen LogP contribution in [-0.4, -0.2) is 48.0 Å². The predicted octanol–water partition coefficient (Wildman–Crippen LogP) is 0.788. The predicted molar refractivity (Wildman–Crippen MR) is 75.2 cm³/mol. The van der Waals surface area contributed by atoms with Crippen molar-refractivity contribution in [2.45, 2.75) is 26.4 Å². The summed E-state index contributed by atoms with van der Waals surface area (Å²) in [5.41, 5.74) is 0.917. The molecular weight excluding hydrogens is 244 g/mol. The van der Waals surface area contributed by atoms with E-state index in [2.05, 4.69) is 26.2 Å². The van der Waals surface area contributed by atoms with Crippen LogP contribution < -0.4 is 10.2 Å². The maximum atomic E-state index is 9.60. The third-order valence-electron chi connectivity index (χ3n) is 2.58. The molecule has 1 aliphatic heterocycles. The maximum absolute atomic E-state index is 9.60. The Morgan fingerprint density at radius 1 is 1.37 bits per heavy atom. The molecule has 108 valence electrons. The number of carbonyl (C=O) groups is 1. The molecule has 6 heteroatoms. The zero-order valence-corrected chi connectivity index (χ0v) is 12.2. The number of nitrogens with zero attached hydrogens (tertiary/aromatic N) is 3. The van der Waals surface area contributed by atoms with E-state index in [1.165, 1.54) is 5.69 Å². The van der Waals surface area contributed by atoms with Crippen molar-refractivity contribution in [1.82, 2.24) is 15.1 Å². The van der Waals surface area contributed by atoms with E-state index in [4.69, 9.17) is 0 Å². The molecular formula is C13H24N4O2. The van der Waals surface area contributed by atoms with Crippen LogP contribution in [0.25, 0.3) is 0 Å². The third kappa shape index (κ3) is 6.24. The number of piperazine rings is 1. The monoisotopic (exact) mass is 268 g/mol. The molecule has 19 heavy (non-hydrogen) atoms. The standard InChI is InChI=1S/C8H14N4.C5H10O2/c1-11-7-8(6-10-11)12-4-2-9-3-5-12;1-5(2,3)7-4-6/h6-7,9H,2-5H2,1H3;4H,1-3H3. The summed E-state index contributed by atoms with van der Waals surface area (Å²) in [5, 5.41) is 7.47. The highest BCUT2D eigenvalue weighted by Gasteiger charge is 2.10. The molecule has 1 aromatic heterocycles. The van der Waals surface area contributed by atoms with Gasteiger partial charge in [-0.05, 0) is 20.8 Å². The zero-order valence-electron chi connectivity index (χ0n) is 12.2. The van der Waals surface area contributed by atoms with Gasteiger partial charge in [-0.1, -0.05) is 0 Å². The second-order valence-electron chi connectivity index (χ2n) is 5.44. The Kier molecular flexibility index (Phi) is 5.82. The SMILES string of the molecule is CC(C)(C)OC=O.Cn1cc(N2CCNCC2)cn1. The Morgan fingerprint density at radius 3 is 2.37 bits per heavy atom. The van der Waals surface area contributed by atoms with Crippen LogP contribution in [-0.2, 0) is 16.6 Å². The molecule has 2 rings (SSSR count). The summed E-state index contributed by atoms with van der Waals surface area (Å²) in [6.45, 7) is 10.3. The number of hydrogen-bond donors (Lipinski definition) is 1. The number of nitrogens with one attached hydrogen (secondary N) is 1.